The minimum absolute atomic E-state index is 0.0327. The molecule has 0 atom stereocenters. The predicted octanol–water partition coefficient (Wildman–Crippen LogP) is 5.75. The average Bonchev–Trinajstić information content (AvgIpc) is 3.50. The molecule has 0 spiro atoms. The Morgan fingerprint density at radius 3 is 2.47 bits per heavy atom. The first kappa shape index (κ1) is 34.4. The molecule has 43 heavy (non-hydrogen) atoms. The van der Waals surface area contributed by atoms with Crippen LogP contribution in [0.5, 0.6) is 0 Å². The van der Waals surface area contributed by atoms with Gasteiger partial charge in [0.1, 0.15) is 17.1 Å². The van der Waals surface area contributed by atoms with E-state index in [0.29, 0.717) is 48.7 Å². The van der Waals surface area contributed by atoms with Crippen molar-refractivity contribution in [3.63, 3.8) is 0 Å². The second-order valence-corrected chi connectivity index (χ2v) is 13.1. The summed E-state index contributed by atoms with van der Waals surface area (Å²) in [5, 5.41) is 7.57. The van der Waals surface area contributed by atoms with Crippen molar-refractivity contribution in [2.45, 2.75) is 90.2 Å². The number of ether oxygens (including phenoxy) is 2. The normalized spacial score (nSPS) is 17.2. The molecular formula is C30H42N4O7S2. The number of allylic oxidation sites excluding steroid dienone is 1. The Morgan fingerprint density at radius 2 is 1.74 bits per heavy atom. The van der Waals surface area contributed by atoms with Crippen molar-refractivity contribution in [3.05, 3.63) is 34.4 Å². The number of esters is 2. The highest BCUT2D eigenvalue weighted by molar-refractivity contribution is 8.78. The van der Waals surface area contributed by atoms with Crippen LogP contribution >= 0.6 is 21.6 Å². The SMILES string of the molecule is CCCCCSS/C(CCOC(=O)CCC(=O)OC1CCC(N(C)C(=O)c2ccc3nonc3c2)CC1)=C(/C)N(C)C=O. The van der Waals surface area contributed by atoms with Crippen molar-refractivity contribution in [3.8, 4) is 0 Å². The van der Waals surface area contributed by atoms with Gasteiger partial charge >= 0.3 is 11.9 Å². The Balaban J connectivity index is 1.35. The van der Waals surface area contributed by atoms with Gasteiger partial charge in [-0.3, -0.25) is 19.2 Å². The van der Waals surface area contributed by atoms with Crippen LogP contribution in [0.2, 0.25) is 0 Å². The summed E-state index contributed by atoms with van der Waals surface area (Å²) in [6.45, 7) is 4.22. The van der Waals surface area contributed by atoms with Gasteiger partial charge in [0.25, 0.3) is 5.91 Å². The molecule has 13 heteroatoms. The molecule has 1 aromatic carbocycles. The fourth-order valence-corrected chi connectivity index (χ4v) is 7.32. The maximum absolute atomic E-state index is 13.0. The molecule has 1 aromatic heterocycles. The van der Waals surface area contributed by atoms with E-state index in [4.69, 9.17) is 14.1 Å². The topological polar surface area (TPSA) is 132 Å². The van der Waals surface area contributed by atoms with Crippen molar-refractivity contribution in [1.82, 2.24) is 20.1 Å². The van der Waals surface area contributed by atoms with E-state index >= 15 is 0 Å². The van der Waals surface area contributed by atoms with Crippen LogP contribution in [-0.4, -0.2) is 83.0 Å². The molecule has 0 saturated heterocycles. The molecule has 0 radical (unpaired) electrons. The number of rotatable bonds is 17. The quantitative estimate of drug-likeness (QED) is 0.0911. The zero-order valence-corrected chi connectivity index (χ0v) is 27.0. The van der Waals surface area contributed by atoms with Gasteiger partial charge in [-0.25, -0.2) is 4.63 Å². The number of carbonyl (C=O) groups is 4. The lowest BCUT2D eigenvalue weighted by molar-refractivity contribution is -0.155. The number of benzene rings is 1. The van der Waals surface area contributed by atoms with Gasteiger partial charge in [-0.05, 0) is 67.5 Å². The molecule has 1 heterocycles. The van der Waals surface area contributed by atoms with Gasteiger partial charge < -0.3 is 19.3 Å². The number of carbonyl (C=O) groups excluding carboxylic acids is 4. The highest BCUT2D eigenvalue weighted by Gasteiger charge is 2.29. The van der Waals surface area contributed by atoms with E-state index in [1.807, 2.05) is 6.92 Å². The van der Waals surface area contributed by atoms with E-state index in [0.717, 1.165) is 35.6 Å². The molecule has 0 N–H and O–H groups in total. The molecule has 1 fully saturated rings. The standard InChI is InChI=1S/C30H42N4O7S2/c1-5-6-7-18-42-43-27(21(2)33(3)20-35)16-17-39-28(36)14-15-29(37)40-24-11-9-23(10-12-24)34(4)30(38)22-8-13-25-26(19-22)32-41-31-25/h8,13,19-20,23-24H,5-7,9-12,14-18H2,1-4H3/b27-21-. The zero-order chi connectivity index (χ0) is 31.2. The smallest absolute Gasteiger partial charge is 0.306 e. The summed E-state index contributed by atoms with van der Waals surface area (Å²) in [6, 6.07) is 5.11. The third kappa shape index (κ3) is 10.9. The van der Waals surface area contributed by atoms with Gasteiger partial charge in [-0.1, -0.05) is 41.4 Å². The van der Waals surface area contributed by atoms with E-state index in [-0.39, 0.29) is 37.5 Å². The third-order valence-electron chi connectivity index (χ3n) is 7.52. The van der Waals surface area contributed by atoms with Crippen LogP contribution in [0.15, 0.2) is 33.4 Å². The van der Waals surface area contributed by atoms with Crippen LogP contribution in [0.1, 0.15) is 88.4 Å². The van der Waals surface area contributed by atoms with Crippen LogP contribution < -0.4 is 0 Å². The fourth-order valence-electron chi connectivity index (χ4n) is 4.70. The van der Waals surface area contributed by atoms with Gasteiger partial charge in [0.2, 0.25) is 6.41 Å². The number of unbranched alkanes of at least 4 members (excludes halogenated alkanes) is 2. The third-order valence-corrected chi connectivity index (χ3v) is 10.2. The van der Waals surface area contributed by atoms with E-state index in [1.54, 1.807) is 58.8 Å². The van der Waals surface area contributed by atoms with E-state index in [1.165, 1.54) is 11.3 Å². The molecule has 11 nitrogen and oxygen atoms in total. The largest absolute Gasteiger partial charge is 0.465 e. The van der Waals surface area contributed by atoms with E-state index < -0.39 is 11.9 Å². The Bertz CT molecular complexity index is 1260. The predicted molar refractivity (Wildman–Crippen MR) is 167 cm³/mol. The van der Waals surface area contributed by atoms with Gasteiger partial charge in [-0.2, -0.15) is 0 Å². The summed E-state index contributed by atoms with van der Waals surface area (Å²) in [5.74, 6) is 0.0172. The second kappa shape index (κ2) is 17.9. The Kier molecular flexibility index (Phi) is 14.3. The molecule has 2 aromatic rings. The number of hydrogen-bond donors (Lipinski definition) is 0. The van der Waals surface area contributed by atoms with Gasteiger partial charge in [0, 0.05) is 48.5 Å². The van der Waals surface area contributed by atoms with E-state index in [2.05, 4.69) is 17.2 Å². The maximum Gasteiger partial charge on any atom is 0.306 e. The summed E-state index contributed by atoms with van der Waals surface area (Å²) < 4.78 is 15.7. The minimum Gasteiger partial charge on any atom is -0.465 e. The van der Waals surface area contributed by atoms with Crippen LogP contribution in [0, 0.1) is 0 Å². The fraction of sp³-hybridized carbons (Fsp3) is 0.600. The van der Waals surface area contributed by atoms with Crippen molar-refractivity contribution >= 4 is 56.9 Å². The lowest BCUT2D eigenvalue weighted by Crippen LogP contribution is -2.41. The van der Waals surface area contributed by atoms with Crippen LogP contribution in [-0.2, 0) is 23.9 Å². The Morgan fingerprint density at radius 1 is 1.02 bits per heavy atom. The van der Waals surface area contributed by atoms with Gasteiger partial charge in [0.15, 0.2) is 0 Å². The Labute approximate surface area is 260 Å². The van der Waals surface area contributed by atoms with Crippen LogP contribution in [0.3, 0.4) is 0 Å². The molecule has 1 saturated carbocycles. The maximum atomic E-state index is 13.0. The average molecular weight is 635 g/mol. The van der Waals surface area contributed by atoms with Crippen molar-refractivity contribution in [2.24, 2.45) is 0 Å². The zero-order valence-electron chi connectivity index (χ0n) is 25.4. The van der Waals surface area contributed by atoms with E-state index in [9.17, 15) is 19.2 Å². The van der Waals surface area contributed by atoms with Crippen LogP contribution in [0.4, 0.5) is 0 Å². The number of aromatic nitrogens is 2. The minimum atomic E-state index is -0.457. The summed E-state index contributed by atoms with van der Waals surface area (Å²) in [7, 11) is 6.83. The first-order chi connectivity index (χ1) is 20.7. The highest BCUT2D eigenvalue weighted by Crippen LogP contribution is 2.35. The lowest BCUT2D eigenvalue weighted by atomic mass is 9.91. The summed E-state index contributed by atoms with van der Waals surface area (Å²) in [6.07, 6.45) is 7.10. The molecule has 1 aliphatic rings. The van der Waals surface area contributed by atoms with Crippen molar-refractivity contribution in [2.75, 3.05) is 26.5 Å². The molecule has 236 valence electrons. The van der Waals surface area contributed by atoms with Gasteiger partial charge in [0.05, 0.1) is 19.4 Å². The first-order valence-corrected chi connectivity index (χ1v) is 17.1. The van der Waals surface area contributed by atoms with Crippen molar-refractivity contribution < 1.29 is 33.3 Å². The first-order valence-electron chi connectivity index (χ1n) is 14.7. The lowest BCUT2D eigenvalue weighted by Gasteiger charge is -2.34. The highest BCUT2D eigenvalue weighted by atomic mass is 33.1. The van der Waals surface area contributed by atoms with Gasteiger partial charge in [-0.15, -0.1) is 0 Å². The summed E-state index contributed by atoms with van der Waals surface area (Å²) >= 11 is 0. The number of amides is 2. The number of nitrogens with zero attached hydrogens (tertiary/aromatic N) is 4. The monoisotopic (exact) mass is 634 g/mol. The van der Waals surface area contributed by atoms with Crippen molar-refractivity contribution in [1.29, 1.82) is 0 Å². The molecule has 0 unspecified atom stereocenters. The molecule has 0 aliphatic heterocycles. The summed E-state index contributed by atoms with van der Waals surface area (Å²) in [4.78, 5) is 53.1. The molecule has 3 rings (SSSR count). The molecule has 2 amide bonds. The van der Waals surface area contributed by atoms with Crippen LogP contribution in [0.25, 0.3) is 11.0 Å². The molecule has 1 aliphatic carbocycles. The Hall–Kier alpha value is -3.06. The number of fused-ring (bicyclic) bond motifs is 1. The molecular weight excluding hydrogens is 592 g/mol. The second-order valence-electron chi connectivity index (χ2n) is 10.6. The number of hydrogen-bond acceptors (Lipinski definition) is 11. The molecule has 0 bridgehead atoms. The summed E-state index contributed by atoms with van der Waals surface area (Å²) in [5.41, 5.74) is 2.47.